The number of carbonyl (C=O) groups excluding carboxylic acids is 1. The number of hydrogen-bond donors (Lipinski definition) is 1. The van der Waals surface area contributed by atoms with Crippen LogP contribution in [0.5, 0.6) is 0 Å². The van der Waals surface area contributed by atoms with Gasteiger partial charge in [0.05, 0.1) is 11.0 Å². The highest BCUT2D eigenvalue weighted by molar-refractivity contribution is 5.68. The van der Waals surface area contributed by atoms with Crippen LogP contribution in [0.2, 0.25) is 0 Å². The predicted octanol–water partition coefficient (Wildman–Crippen LogP) is 3.67. The molecule has 1 aliphatic rings. The Morgan fingerprint density at radius 1 is 1.22 bits per heavy atom. The van der Waals surface area contributed by atoms with Crippen molar-refractivity contribution in [2.45, 2.75) is 38.6 Å². The Morgan fingerprint density at radius 2 is 1.96 bits per heavy atom. The van der Waals surface area contributed by atoms with Crippen LogP contribution in [0.25, 0.3) is 0 Å². The molecule has 0 unspecified atom stereocenters. The average molecular weight is 372 g/mol. The molecular formula is C19H20N2O6. The van der Waals surface area contributed by atoms with E-state index in [0.29, 0.717) is 12.0 Å². The van der Waals surface area contributed by atoms with Gasteiger partial charge in [-0.2, -0.15) is 0 Å². The van der Waals surface area contributed by atoms with Crippen LogP contribution in [0.4, 0.5) is 10.5 Å². The highest BCUT2D eigenvalue weighted by atomic mass is 16.9. The lowest BCUT2D eigenvalue weighted by atomic mass is 10.0. The lowest BCUT2D eigenvalue weighted by molar-refractivity contribution is -0.385. The van der Waals surface area contributed by atoms with Crippen molar-refractivity contribution in [3.63, 3.8) is 0 Å². The van der Waals surface area contributed by atoms with Crippen molar-refractivity contribution in [3.8, 4) is 0 Å². The van der Waals surface area contributed by atoms with Crippen LogP contribution >= 0.6 is 0 Å². The third-order valence-electron chi connectivity index (χ3n) is 4.10. The molecule has 0 aliphatic carbocycles. The summed E-state index contributed by atoms with van der Waals surface area (Å²) in [6.45, 7) is 1.89. The Labute approximate surface area is 156 Å². The lowest BCUT2D eigenvalue weighted by Crippen LogP contribution is -2.42. The summed E-state index contributed by atoms with van der Waals surface area (Å²) in [7, 11) is 0. The molecule has 1 atom stereocenters. The maximum atomic E-state index is 12.2. The Morgan fingerprint density at radius 3 is 2.63 bits per heavy atom. The van der Waals surface area contributed by atoms with Crippen molar-refractivity contribution in [3.05, 3.63) is 75.8 Å². The molecule has 1 saturated heterocycles. The van der Waals surface area contributed by atoms with E-state index in [-0.39, 0.29) is 18.6 Å². The van der Waals surface area contributed by atoms with E-state index >= 15 is 0 Å². The number of nitro groups is 1. The first-order valence-corrected chi connectivity index (χ1v) is 8.54. The molecule has 3 rings (SSSR count). The van der Waals surface area contributed by atoms with E-state index in [4.69, 9.17) is 14.2 Å². The molecule has 0 spiro atoms. The van der Waals surface area contributed by atoms with E-state index in [9.17, 15) is 14.9 Å². The Hall–Kier alpha value is -2.97. The number of hydrogen-bond acceptors (Lipinski definition) is 6. The maximum Gasteiger partial charge on any atom is 0.407 e. The normalized spacial score (nSPS) is 19.6. The van der Waals surface area contributed by atoms with Gasteiger partial charge in [-0.05, 0) is 18.1 Å². The second-order valence-electron chi connectivity index (χ2n) is 6.12. The molecule has 2 aromatic carbocycles. The number of alkyl carbamates (subject to hydrolysis) is 1. The maximum absolute atomic E-state index is 12.2. The van der Waals surface area contributed by atoms with Gasteiger partial charge in [0, 0.05) is 18.6 Å². The Bertz CT molecular complexity index is 792. The van der Waals surface area contributed by atoms with Gasteiger partial charge in [-0.1, -0.05) is 42.5 Å². The molecule has 1 N–H and O–H groups in total. The molecule has 0 bridgehead atoms. The third kappa shape index (κ3) is 5.25. The van der Waals surface area contributed by atoms with Gasteiger partial charge < -0.3 is 19.5 Å². The minimum absolute atomic E-state index is 0.0548. The highest BCUT2D eigenvalue weighted by Crippen LogP contribution is 2.28. The van der Waals surface area contributed by atoms with Crippen molar-refractivity contribution >= 4 is 11.8 Å². The van der Waals surface area contributed by atoms with Crippen LogP contribution in [0.15, 0.2) is 54.6 Å². The summed E-state index contributed by atoms with van der Waals surface area (Å²) in [5.41, 5.74) is 1.38. The fraction of sp³-hybridized carbons (Fsp3) is 0.316. The molecule has 1 aliphatic heterocycles. The molecule has 0 saturated carbocycles. The zero-order chi connectivity index (χ0) is 19.2. The summed E-state index contributed by atoms with van der Waals surface area (Å²) in [5, 5.41) is 13.8. The van der Waals surface area contributed by atoms with Crippen molar-refractivity contribution in [2.24, 2.45) is 0 Å². The van der Waals surface area contributed by atoms with Gasteiger partial charge >= 0.3 is 6.09 Å². The summed E-state index contributed by atoms with van der Waals surface area (Å²) in [4.78, 5) is 22.8. The first-order chi connectivity index (χ1) is 13.0. The summed E-state index contributed by atoms with van der Waals surface area (Å²) in [6.07, 6.45) is -1.10. The number of ether oxygens (including phenoxy) is 3. The molecule has 0 radical (unpaired) electrons. The second kappa shape index (κ2) is 8.61. The Balaban J connectivity index is 1.66. The van der Waals surface area contributed by atoms with Gasteiger partial charge in [-0.15, -0.1) is 0 Å². The number of benzene rings is 2. The summed E-state index contributed by atoms with van der Waals surface area (Å²) < 4.78 is 16.1. The third-order valence-corrected chi connectivity index (χ3v) is 4.10. The fourth-order valence-electron chi connectivity index (χ4n) is 2.78. The molecule has 8 heteroatoms. The van der Waals surface area contributed by atoms with Gasteiger partial charge in [-0.3, -0.25) is 10.1 Å². The van der Waals surface area contributed by atoms with Gasteiger partial charge in [0.15, 0.2) is 12.6 Å². The van der Waals surface area contributed by atoms with Gasteiger partial charge in [-0.25, -0.2) is 4.79 Å². The number of nitrogens with one attached hydrogen (secondary N) is 1. The van der Waals surface area contributed by atoms with Crippen LogP contribution in [0.3, 0.4) is 0 Å². The smallest absolute Gasteiger partial charge is 0.407 e. The van der Waals surface area contributed by atoms with E-state index in [1.165, 1.54) is 12.1 Å². The van der Waals surface area contributed by atoms with Crippen molar-refractivity contribution in [1.29, 1.82) is 0 Å². The molecule has 8 nitrogen and oxygen atoms in total. The van der Waals surface area contributed by atoms with E-state index in [1.54, 1.807) is 19.1 Å². The SMILES string of the molecule is CC1OC(C[C@@H](NC(=O)OCc2ccccc2)c2cccc([N+](=O)[O-])c2)O1. The molecule has 0 aromatic heterocycles. The topological polar surface area (TPSA) is 99.9 Å². The van der Waals surface area contributed by atoms with Gasteiger partial charge in [0.1, 0.15) is 6.61 Å². The van der Waals surface area contributed by atoms with Crippen molar-refractivity contribution in [2.75, 3.05) is 0 Å². The first-order valence-electron chi connectivity index (χ1n) is 8.54. The standard InChI is InChI=1S/C19H20N2O6/c1-13-26-18(27-13)11-17(15-8-5-9-16(10-15)21(23)24)20-19(22)25-12-14-6-3-2-4-7-14/h2-10,13,17-18H,11-12H2,1H3,(H,20,22)/t13?,17-,18?/m1/s1. The van der Waals surface area contributed by atoms with Crippen LogP contribution in [-0.4, -0.2) is 23.6 Å². The number of rotatable bonds is 7. The summed E-state index contributed by atoms with van der Waals surface area (Å²) >= 11 is 0. The fourth-order valence-corrected chi connectivity index (χ4v) is 2.78. The van der Waals surface area contributed by atoms with Crippen molar-refractivity contribution in [1.82, 2.24) is 5.32 Å². The zero-order valence-corrected chi connectivity index (χ0v) is 14.7. The number of carbonyl (C=O) groups is 1. The van der Waals surface area contributed by atoms with E-state index in [0.717, 1.165) is 5.56 Å². The Kier molecular flexibility index (Phi) is 6.00. The number of nitrogens with zero attached hydrogens (tertiary/aromatic N) is 1. The van der Waals surface area contributed by atoms with Crippen LogP contribution in [-0.2, 0) is 20.8 Å². The minimum Gasteiger partial charge on any atom is -0.445 e. The minimum atomic E-state index is -0.622. The molecule has 1 amide bonds. The molecule has 1 fully saturated rings. The summed E-state index contributed by atoms with van der Waals surface area (Å²) in [5.74, 6) is 0. The van der Waals surface area contributed by atoms with E-state index in [1.807, 2.05) is 30.3 Å². The number of non-ortho nitro benzene ring substituents is 1. The monoisotopic (exact) mass is 372 g/mol. The molecule has 2 aromatic rings. The molecule has 1 heterocycles. The first kappa shape index (κ1) is 18.8. The van der Waals surface area contributed by atoms with Gasteiger partial charge in [0.2, 0.25) is 0 Å². The lowest BCUT2D eigenvalue weighted by Gasteiger charge is -2.36. The van der Waals surface area contributed by atoms with Gasteiger partial charge in [0.25, 0.3) is 5.69 Å². The second-order valence-corrected chi connectivity index (χ2v) is 6.12. The largest absolute Gasteiger partial charge is 0.445 e. The summed E-state index contributed by atoms with van der Waals surface area (Å²) in [6, 6.07) is 14.8. The van der Waals surface area contributed by atoms with Crippen molar-refractivity contribution < 1.29 is 23.9 Å². The number of amides is 1. The van der Waals surface area contributed by atoms with Crippen LogP contribution in [0, 0.1) is 10.1 Å². The highest BCUT2D eigenvalue weighted by Gasteiger charge is 2.31. The van der Waals surface area contributed by atoms with Crippen LogP contribution in [0.1, 0.15) is 30.5 Å². The number of nitro benzene ring substituents is 1. The van der Waals surface area contributed by atoms with Crippen LogP contribution < -0.4 is 5.32 Å². The predicted molar refractivity (Wildman–Crippen MR) is 95.6 cm³/mol. The molecular weight excluding hydrogens is 352 g/mol. The zero-order valence-electron chi connectivity index (χ0n) is 14.7. The molecule has 27 heavy (non-hydrogen) atoms. The molecule has 142 valence electrons. The average Bonchev–Trinajstić information content (AvgIpc) is 2.65. The quantitative estimate of drug-likeness (QED) is 0.588. The van der Waals surface area contributed by atoms with E-state index < -0.39 is 23.3 Å². The van der Waals surface area contributed by atoms with E-state index in [2.05, 4.69) is 5.32 Å².